The van der Waals surface area contributed by atoms with Gasteiger partial charge in [-0.1, -0.05) is 19.3 Å². The quantitative estimate of drug-likeness (QED) is 0.747. The number of ether oxygens (including phenoxy) is 1. The fourth-order valence-electron chi connectivity index (χ4n) is 2.66. The Kier molecular flexibility index (Phi) is 3.45. The van der Waals surface area contributed by atoms with Crippen LogP contribution in [-0.2, 0) is 4.74 Å². The van der Waals surface area contributed by atoms with E-state index in [1.165, 1.54) is 51.4 Å². The summed E-state index contributed by atoms with van der Waals surface area (Å²) < 4.78 is 5.60. The Morgan fingerprint density at radius 1 is 1.14 bits per heavy atom. The van der Waals surface area contributed by atoms with Gasteiger partial charge in [-0.15, -0.1) is 0 Å². The fraction of sp³-hybridized carbons (Fsp3) is 1.00. The SMILES string of the molecule is COC1(CNC2CCCCC2)CCC1. The van der Waals surface area contributed by atoms with Gasteiger partial charge < -0.3 is 10.1 Å². The van der Waals surface area contributed by atoms with Gasteiger partial charge in [-0.25, -0.2) is 0 Å². The zero-order chi connectivity index (χ0) is 9.86. The van der Waals surface area contributed by atoms with E-state index in [4.69, 9.17) is 4.74 Å². The average Bonchev–Trinajstić information content (AvgIpc) is 2.19. The largest absolute Gasteiger partial charge is 0.377 e. The van der Waals surface area contributed by atoms with Gasteiger partial charge in [0.25, 0.3) is 0 Å². The molecule has 0 bridgehead atoms. The molecule has 2 heteroatoms. The molecule has 2 aliphatic carbocycles. The van der Waals surface area contributed by atoms with E-state index in [0.717, 1.165) is 12.6 Å². The molecule has 2 aliphatic rings. The lowest BCUT2D eigenvalue weighted by atomic mass is 9.79. The maximum absolute atomic E-state index is 5.60. The van der Waals surface area contributed by atoms with Gasteiger partial charge in [0.15, 0.2) is 0 Å². The van der Waals surface area contributed by atoms with E-state index in [9.17, 15) is 0 Å². The van der Waals surface area contributed by atoms with Crippen LogP contribution in [0.1, 0.15) is 51.4 Å². The Morgan fingerprint density at radius 3 is 2.36 bits per heavy atom. The number of methoxy groups -OCH3 is 1. The van der Waals surface area contributed by atoms with Crippen LogP contribution in [0, 0.1) is 0 Å². The van der Waals surface area contributed by atoms with Crippen molar-refractivity contribution in [2.24, 2.45) is 0 Å². The van der Waals surface area contributed by atoms with Crippen LogP contribution in [0.25, 0.3) is 0 Å². The molecule has 0 heterocycles. The molecule has 0 amide bonds. The highest BCUT2D eigenvalue weighted by Gasteiger charge is 2.37. The summed E-state index contributed by atoms with van der Waals surface area (Å²) in [6.07, 6.45) is 10.9. The van der Waals surface area contributed by atoms with E-state index >= 15 is 0 Å². The lowest BCUT2D eigenvalue weighted by Crippen LogP contribution is -2.50. The van der Waals surface area contributed by atoms with Gasteiger partial charge in [-0.2, -0.15) is 0 Å². The highest BCUT2D eigenvalue weighted by molar-refractivity contribution is 4.92. The van der Waals surface area contributed by atoms with Crippen molar-refractivity contribution in [1.82, 2.24) is 5.32 Å². The Labute approximate surface area is 87.4 Å². The molecular weight excluding hydrogens is 174 g/mol. The fourth-order valence-corrected chi connectivity index (χ4v) is 2.66. The predicted octanol–water partition coefficient (Wildman–Crippen LogP) is 2.48. The number of hydrogen-bond donors (Lipinski definition) is 1. The second-order valence-electron chi connectivity index (χ2n) is 4.96. The standard InChI is InChI=1S/C12H23NO/c1-14-12(8-5-9-12)10-13-11-6-3-2-4-7-11/h11,13H,2-10H2,1H3. The van der Waals surface area contributed by atoms with Gasteiger partial charge in [0.1, 0.15) is 0 Å². The maximum Gasteiger partial charge on any atom is 0.0802 e. The van der Waals surface area contributed by atoms with E-state index < -0.39 is 0 Å². The van der Waals surface area contributed by atoms with Crippen LogP contribution in [0.3, 0.4) is 0 Å². The van der Waals surface area contributed by atoms with Crippen molar-refractivity contribution in [2.75, 3.05) is 13.7 Å². The van der Waals surface area contributed by atoms with Crippen LogP contribution in [0.2, 0.25) is 0 Å². The van der Waals surface area contributed by atoms with Crippen molar-refractivity contribution < 1.29 is 4.74 Å². The molecule has 2 saturated carbocycles. The lowest BCUT2D eigenvalue weighted by molar-refractivity contribution is -0.0713. The van der Waals surface area contributed by atoms with Crippen molar-refractivity contribution in [2.45, 2.75) is 63.0 Å². The normalized spacial score (nSPS) is 27.2. The molecule has 0 atom stereocenters. The first-order valence-electron chi connectivity index (χ1n) is 6.13. The van der Waals surface area contributed by atoms with Crippen molar-refractivity contribution in [1.29, 1.82) is 0 Å². The molecule has 2 nitrogen and oxygen atoms in total. The van der Waals surface area contributed by atoms with Crippen molar-refractivity contribution in [3.8, 4) is 0 Å². The molecular formula is C12H23NO. The van der Waals surface area contributed by atoms with Crippen LogP contribution in [0.5, 0.6) is 0 Å². The van der Waals surface area contributed by atoms with Crippen LogP contribution in [0.15, 0.2) is 0 Å². The Hall–Kier alpha value is -0.0800. The highest BCUT2D eigenvalue weighted by Crippen LogP contribution is 2.34. The van der Waals surface area contributed by atoms with Crippen molar-refractivity contribution in [3.05, 3.63) is 0 Å². The van der Waals surface area contributed by atoms with E-state index in [0.29, 0.717) is 0 Å². The van der Waals surface area contributed by atoms with Crippen LogP contribution in [-0.4, -0.2) is 25.3 Å². The number of rotatable bonds is 4. The first-order valence-corrected chi connectivity index (χ1v) is 6.13. The van der Waals surface area contributed by atoms with E-state index in [-0.39, 0.29) is 5.60 Å². The minimum atomic E-state index is 0.206. The van der Waals surface area contributed by atoms with Crippen LogP contribution in [0.4, 0.5) is 0 Å². The maximum atomic E-state index is 5.60. The Bertz CT molecular complexity index is 166. The summed E-state index contributed by atoms with van der Waals surface area (Å²) >= 11 is 0. The molecule has 0 saturated heterocycles. The second kappa shape index (κ2) is 4.63. The molecule has 0 unspecified atom stereocenters. The number of hydrogen-bond acceptors (Lipinski definition) is 2. The molecule has 14 heavy (non-hydrogen) atoms. The molecule has 2 rings (SSSR count). The highest BCUT2D eigenvalue weighted by atomic mass is 16.5. The monoisotopic (exact) mass is 197 g/mol. The minimum absolute atomic E-state index is 0.206. The summed E-state index contributed by atoms with van der Waals surface area (Å²) in [6, 6.07) is 0.774. The summed E-state index contributed by atoms with van der Waals surface area (Å²) in [5.74, 6) is 0. The van der Waals surface area contributed by atoms with Gasteiger partial charge in [-0.3, -0.25) is 0 Å². The van der Waals surface area contributed by atoms with E-state index in [1.807, 2.05) is 7.11 Å². The topological polar surface area (TPSA) is 21.3 Å². The van der Waals surface area contributed by atoms with E-state index in [1.54, 1.807) is 0 Å². The minimum Gasteiger partial charge on any atom is -0.377 e. The summed E-state index contributed by atoms with van der Waals surface area (Å²) in [5, 5.41) is 3.69. The first kappa shape index (κ1) is 10.4. The van der Waals surface area contributed by atoms with Crippen molar-refractivity contribution >= 4 is 0 Å². The summed E-state index contributed by atoms with van der Waals surface area (Å²) in [6.45, 7) is 1.08. The Balaban J connectivity index is 1.69. The zero-order valence-corrected chi connectivity index (χ0v) is 9.35. The lowest BCUT2D eigenvalue weighted by Gasteiger charge is -2.42. The van der Waals surface area contributed by atoms with Crippen LogP contribution >= 0.6 is 0 Å². The first-order chi connectivity index (χ1) is 6.85. The average molecular weight is 197 g/mol. The molecule has 0 aromatic carbocycles. The Morgan fingerprint density at radius 2 is 1.86 bits per heavy atom. The molecule has 0 radical (unpaired) electrons. The summed E-state index contributed by atoms with van der Waals surface area (Å²) in [4.78, 5) is 0. The van der Waals surface area contributed by atoms with Crippen molar-refractivity contribution in [3.63, 3.8) is 0 Å². The van der Waals surface area contributed by atoms with Gasteiger partial charge in [0, 0.05) is 19.7 Å². The van der Waals surface area contributed by atoms with Gasteiger partial charge >= 0.3 is 0 Å². The predicted molar refractivity (Wildman–Crippen MR) is 58.5 cm³/mol. The van der Waals surface area contributed by atoms with E-state index in [2.05, 4.69) is 5.32 Å². The molecule has 0 aromatic rings. The molecule has 0 spiro atoms. The third-order valence-corrected chi connectivity index (χ3v) is 4.02. The molecule has 1 N–H and O–H groups in total. The summed E-state index contributed by atoms with van der Waals surface area (Å²) in [7, 11) is 1.86. The second-order valence-corrected chi connectivity index (χ2v) is 4.96. The third-order valence-electron chi connectivity index (χ3n) is 4.02. The molecule has 82 valence electrons. The summed E-state index contributed by atoms with van der Waals surface area (Å²) in [5.41, 5.74) is 0.206. The van der Waals surface area contributed by atoms with Gasteiger partial charge in [0.05, 0.1) is 5.60 Å². The third kappa shape index (κ3) is 2.29. The number of nitrogens with one attached hydrogen (secondary N) is 1. The molecule has 2 fully saturated rings. The molecule has 0 aliphatic heterocycles. The van der Waals surface area contributed by atoms with Gasteiger partial charge in [-0.05, 0) is 32.1 Å². The smallest absolute Gasteiger partial charge is 0.0802 e. The zero-order valence-electron chi connectivity index (χ0n) is 9.35. The van der Waals surface area contributed by atoms with Gasteiger partial charge in [0.2, 0.25) is 0 Å². The molecule has 0 aromatic heterocycles. The van der Waals surface area contributed by atoms with Crippen LogP contribution < -0.4 is 5.32 Å².